The molecular weight excluding hydrogens is 426 g/mol. The molecule has 1 amide bonds. The molecule has 0 fully saturated rings. The summed E-state index contributed by atoms with van der Waals surface area (Å²) in [4.78, 5) is 22.1. The Bertz CT molecular complexity index is 1390. The van der Waals surface area contributed by atoms with E-state index in [-0.39, 0.29) is 13.3 Å². The SMILES string of the molecule is C.CNC(=O)c1c(C)sc2cc(Oc3ccnc4cc(-c5nccs5)ccc34)ccc12. The number of nitrogens with zero attached hydrogens (tertiary/aromatic N) is 2. The molecule has 0 aliphatic heterocycles. The third kappa shape index (κ3) is 3.78. The second kappa shape index (κ2) is 8.45. The van der Waals surface area contributed by atoms with Crippen molar-refractivity contribution in [1.82, 2.24) is 15.3 Å². The molecule has 3 aromatic heterocycles. The fourth-order valence-corrected chi connectivity index (χ4v) is 5.23. The molecular formula is C24H21N3O2S2. The van der Waals surface area contributed by atoms with Gasteiger partial charge in [0.2, 0.25) is 0 Å². The predicted molar refractivity (Wildman–Crippen MR) is 130 cm³/mol. The Hall–Kier alpha value is -3.29. The lowest BCUT2D eigenvalue weighted by Crippen LogP contribution is -2.18. The monoisotopic (exact) mass is 447 g/mol. The molecule has 5 rings (SSSR count). The zero-order valence-electron chi connectivity index (χ0n) is 16.3. The fourth-order valence-electron chi connectivity index (χ4n) is 3.51. The highest BCUT2D eigenvalue weighted by Gasteiger charge is 2.16. The van der Waals surface area contributed by atoms with E-state index in [2.05, 4.69) is 15.3 Å². The van der Waals surface area contributed by atoms with Crippen molar-refractivity contribution in [2.75, 3.05) is 7.05 Å². The number of nitrogens with one attached hydrogen (secondary N) is 1. The highest BCUT2D eigenvalue weighted by molar-refractivity contribution is 7.19. The van der Waals surface area contributed by atoms with Crippen molar-refractivity contribution in [1.29, 1.82) is 0 Å². The van der Waals surface area contributed by atoms with Gasteiger partial charge in [0, 0.05) is 50.7 Å². The number of thiophene rings is 1. The molecule has 0 bridgehead atoms. The van der Waals surface area contributed by atoms with Gasteiger partial charge in [0.05, 0.1) is 11.1 Å². The summed E-state index contributed by atoms with van der Waals surface area (Å²) in [5.41, 5.74) is 2.63. The van der Waals surface area contributed by atoms with Crippen molar-refractivity contribution in [3.05, 3.63) is 70.7 Å². The zero-order chi connectivity index (χ0) is 20.7. The molecule has 0 aliphatic carbocycles. The van der Waals surface area contributed by atoms with Crippen LogP contribution in [0.25, 0.3) is 31.6 Å². The van der Waals surface area contributed by atoms with Gasteiger partial charge in [-0.25, -0.2) is 4.98 Å². The van der Waals surface area contributed by atoms with Gasteiger partial charge in [-0.1, -0.05) is 13.5 Å². The largest absolute Gasteiger partial charge is 0.457 e. The summed E-state index contributed by atoms with van der Waals surface area (Å²) in [6.45, 7) is 1.96. The fraction of sp³-hybridized carbons (Fsp3) is 0.125. The smallest absolute Gasteiger partial charge is 0.252 e. The third-order valence-corrected chi connectivity index (χ3v) is 6.79. The van der Waals surface area contributed by atoms with Gasteiger partial charge in [0.25, 0.3) is 5.91 Å². The summed E-state index contributed by atoms with van der Waals surface area (Å²) in [5.74, 6) is 1.40. The topological polar surface area (TPSA) is 64.1 Å². The summed E-state index contributed by atoms with van der Waals surface area (Å²) in [5, 5.41) is 7.52. The molecule has 1 N–H and O–H groups in total. The van der Waals surface area contributed by atoms with Crippen LogP contribution >= 0.6 is 22.7 Å². The number of pyridine rings is 1. The number of aryl methyl sites for hydroxylation is 1. The first kappa shape index (κ1) is 21.0. The number of rotatable bonds is 4. The van der Waals surface area contributed by atoms with Crippen molar-refractivity contribution in [2.24, 2.45) is 0 Å². The minimum Gasteiger partial charge on any atom is -0.457 e. The van der Waals surface area contributed by atoms with Crippen molar-refractivity contribution in [3.8, 4) is 22.1 Å². The van der Waals surface area contributed by atoms with Crippen LogP contribution in [0.15, 0.2) is 60.2 Å². The number of amides is 1. The number of hydrogen-bond acceptors (Lipinski definition) is 6. The quantitative estimate of drug-likeness (QED) is 0.334. The van der Waals surface area contributed by atoms with E-state index in [1.54, 1.807) is 42.1 Å². The first-order chi connectivity index (χ1) is 14.6. The van der Waals surface area contributed by atoms with Crippen LogP contribution in [0.3, 0.4) is 0 Å². The van der Waals surface area contributed by atoms with E-state index >= 15 is 0 Å². The Morgan fingerprint density at radius 3 is 2.65 bits per heavy atom. The molecule has 5 aromatic rings. The van der Waals surface area contributed by atoms with E-state index in [1.807, 2.05) is 54.8 Å². The van der Waals surface area contributed by atoms with E-state index in [1.165, 1.54) is 0 Å². The van der Waals surface area contributed by atoms with Gasteiger partial charge in [0.15, 0.2) is 0 Å². The Kier molecular flexibility index (Phi) is 5.71. The zero-order valence-corrected chi connectivity index (χ0v) is 17.9. The second-order valence-corrected chi connectivity index (χ2v) is 8.90. The number of fused-ring (bicyclic) bond motifs is 2. The molecule has 0 saturated carbocycles. The van der Waals surface area contributed by atoms with Crippen LogP contribution in [0, 0.1) is 6.92 Å². The number of benzene rings is 2. The molecule has 156 valence electrons. The molecule has 7 heteroatoms. The summed E-state index contributed by atoms with van der Waals surface area (Å²) in [6.07, 6.45) is 3.55. The molecule has 31 heavy (non-hydrogen) atoms. The van der Waals surface area contributed by atoms with Gasteiger partial charge in [-0.05, 0) is 43.3 Å². The number of ether oxygens (including phenoxy) is 1. The van der Waals surface area contributed by atoms with Gasteiger partial charge in [-0.15, -0.1) is 22.7 Å². The minimum absolute atomic E-state index is 0. The van der Waals surface area contributed by atoms with Crippen molar-refractivity contribution in [2.45, 2.75) is 14.4 Å². The summed E-state index contributed by atoms with van der Waals surface area (Å²) >= 11 is 3.19. The van der Waals surface area contributed by atoms with E-state index in [0.29, 0.717) is 0 Å². The number of thiazole rings is 1. The Balaban J connectivity index is 0.00000231. The first-order valence-electron chi connectivity index (χ1n) is 9.36. The molecule has 5 nitrogen and oxygen atoms in total. The maximum Gasteiger partial charge on any atom is 0.252 e. The maximum atomic E-state index is 12.2. The van der Waals surface area contributed by atoms with E-state index in [9.17, 15) is 4.79 Å². The molecule has 0 saturated heterocycles. The predicted octanol–water partition coefficient (Wildman–Crippen LogP) is 6.67. The lowest BCUT2D eigenvalue weighted by molar-refractivity contribution is 0.0964. The van der Waals surface area contributed by atoms with Crippen LogP contribution in [-0.2, 0) is 0 Å². The van der Waals surface area contributed by atoms with Crippen molar-refractivity contribution in [3.63, 3.8) is 0 Å². The van der Waals surface area contributed by atoms with E-state index < -0.39 is 0 Å². The normalized spacial score (nSPS) is 10.8. The van der Waals surface area contributed by atoms with E-state index in [4.69, 9.17) is 4.74 Å². The molecule has 3 heterocycles. The summed E-state index contributed by atoms with van der Waals surface area (Å²) in [7, 11) is 1.65. The number of hydrogen-bond donors (Lipinski definition) is 1. The van der Waals surface area contributed by atoms with Crippen molar-refractivity contribution >= 4 is 49.6 Å². The summed E-state index contributed by atoms with van der Waals surface area (Å²) < 4.78 is 7.24. The standard InChI is InChI=1S/C23H17N3O2S2.CH4/c1-13-21(22(27)24-2)17-6-4-15(12-20(17)30-13)28-19-7-8-25-18-11-14(3-5-16(18)19)23-26-9-10-29-23;/h3-12H,1-2H3,(H,24,27);1H4. The Labute approximate surface area is 188 Å². The van der Waals surface area contributed by atoms with Crippen molar-refractivity contribution < 1.29 is 9.53 Å². The maximum absolute atomic E-state index is 12.2. The molecule has 0 radical (unpaired) electrons. The lowest BCUT2D eigenvalue weighted by atomic mass is 10.1. The van der Waals surface area contributed by atoms with Crippen LogP contribution < -0.4 is 10.1 Å². The Morgan fingerprint density at radius 1 is 1.03 bits per heavy atom. The molecule has 0 aliphatic rings. The van der Waals surface area contributed by atoms with E-state index in [0.717, 1.165) is 53.5 Å². The highest BCUT2D eigenvalue weighted by Crippen LogP contribution is 2.36. The minimum atomic E-state index is -0.0661. The second-order valence-electron chi connectivity index (χ2n) is 6.75. The average molecular weight is 448 g/mol. The van der Waals surface area contributed by atoms with Gasteiger partial charge < -0.3 is 10.1 Å². The van der Waals surface area contributed by atoms with Crippen LogP contribution in [0.5, 0.6) is 11.5 Å². The molecule has 0 atom stereocenters. The third-order valence-electron chi connectivity index (χ3n) is 4.90. The van der Waals surface area contributed by atoms with Crippen LogP contribution in [0.1, 0.15) is 22.7 Å². The lowest BCUT2D eigenvalue weighted by Gasteiger charge is -2.09. The van der Waals surface area contributed by atoms with Crippen LogP contribution in [0.2, 0.25) is 0 Å². The van der Waals surface area contributed by atoms with Gasteiger partial charge in [-0.2, -0.15) is 0 Å². The number of carbonyl (C=O) groups excluding carboxylic acids is 1. The summed E-state index contributed by atoms with van der Waals surface area (Å²) in [6, 6.07) is 13.8. The number of carbonyl (C=O) groups is 1. The van der Waals surface area contributed by atoms with Crippen LogP contribution in [-0.4, -0.2) is 22.9 Å². The van der Waals surface area contributed by atoms with Gasteiger partial charge in [-0.3, -0.25) is 9.78 Å². The van der Waals surface area contributed by atoms with Gasteiger partial charge >= 0.3 is 0 Å². The molecule has 0 unspecified atom stereocenters. The first-order valence-corrected chi connectivity index (χ1v) is 11.1. The molecule has 2 aromatic carbocycles. The van der Waals surface area contributed by atoms with Gasteiger partial charge in [0.1, 0.15) is 16.5 Å². The number of aromatic nitrogens is 2. The molecule has 0 spiro atoms. The average Bonchev–Trinajstić information content (AvgIpc) is 3.40. The Morgan fingerprint density at radius 2 is 1.87 bits per heavy atom. The highest BCUT2D eigenvalue weighted by atomic mass is 32.1. The van der Waals surface area contributed by atoms with Crippen LogP contribution in [0.4, 0.5) is 0 Å².